The van der Waals surface area contributed by atoms with Crippen LogP contribution in [-0.4, -0.2) is 11.3 Å². The van der Waals surface area contributed by atoms with E-state index in [2.05, 4.69) is 9.72 Å². The second-order valence-electron chi connectivity index (χ2n) is 7.62. The third-order valence-corrected chi connectivity index (χ3v) is 5.11. The molecule has 0 atom stereocenters. The van der Waals surface area contributed by atoms with E-state index < -0.39 is 6.36 Å². The largest absolute Gasteiger partial charge is 0.573 e. The van der Waals surface area contributed by atoms with Crippen molar-refractivity contribution in [2.45, 2.75) is 26.1 Å². The molecule has 8 heteroatoms. The molecule has 1 aromatic heterocycles. The molecule has 0 spiro atoms. The van der Waals surface area contributed by atoms with Crippen molar-refractivity contribution in [1.82, 2.24) is 4.98 Å². The Bertz CT molecular complexity index is 1250. The number of ether oxygens (including phenoxy) is 3. The highest BCUT2D eigenvalue weighted by atomic mass is 19.4. The summed E-state index contributed by atoms with van der Waals surface area (Å²) in [6.07, 6.45) is -4.82. The predicted octanol–water partition coefficient (Wildman–Crippen LogP) is 6.26. The van der Waals surface area contributed by atoms with Gasteiger partial charge in [-0.3, -0.25) is 0 Å². The fourth-order valence-corrected chi connectivity index (χ4v) is 3.46. The number of nitrogens with zero attached hydrogens (tertiary/aromatic N) is 1. The minimum atomic E-state index is -4.82. The molecule has 35 heavy (non-hydrogen) atoms. The minimum absolute atomic E-state index is 0.103. The Kier molecular flexibility index (Phi) is 7.52. The number of hydrogen-bond donors (Lipinski definition) is 1. The van der Waals surface area contributed by atoms with Crippen molar-refractivity contribution in [3.8, 4) is 28.6 Å². The maximum atomic E-state index is 12.8. The number of pyridine rings is 1. The van der Waals surface area contributed by atoms with Gasteiger partial charge in [-0.05, 0) is 40.5 Å². The molecule has 0 amide bonds. The molecular formula is C27H23F3N2O3. The first-order valence-corrected chi connectivity index (χ1v) is 10.8. The van der Waals surface area contributed by atoms with Crippen LogP contribution in [0.1, 0.15) is 16.7 Å². The first-order chi connectivity index (χ1) is 16.9. The van der Waals surface area contributed by atoms with Gasteiger partial charge in [-0.1, -0.05) is 66.7 Å². The molecule has 0 saturated carbocycles. The summed E-state index contributed by atoms with van der Waals surface area (Å²) in [5.41, 5.74) is 9.26. The Labute approximate surface area is 200 Å². The highest BCUT2D eigenvalue weighted by Crippen LogP contribution is 2.36. The molecule has 0 aliphatic heterocycles. The molecular weight excluding hydrogens is 457 g/mol. The molecule has 0 aliphatic carbocycles. The molecule has 0 bridgehead atoms. The summed E-state index contributed by atoms with van der Waals surface area (Å²) < 4.78 is 54.4. The summed E-state index contributed by atoms with van der Waals surface area (Å²) in [5, 5.41) is 0. The van der Waals surface area contributed by atoms with Gasteiger partial charge in [0.25, 0.3) is 0 Å². The van der Waals surface area contributed by atoms with Crippen molar-refractivity contribution in [2.75, 3.05) is 0 Å². The lowest BCUT2D eigenvalue weighted by Crippen LogP contribution is -2.17. The van der Waals surface area contributed by atoms with Gasteiger partial charge in [0.05, 0.1) is 0 Å². The van der Waals surface area contributed by atoms with Crippen LogP contribution < -0.4 is 19.9 Å². The molecule has 4 rings (SSSR count). The van der Waals surface area contributed by atoms with Gasteiger partial charge in [-0.15, -0.1) is 13.2 Å². The van der Waals surface area contributed by atoms with E-state index >= 15 is 0 Å². The number of nitrogens with two attached hydrogens (primary N) is 1. The third kappa shape index (κ3) is 6.74. The van der Waals surface area contributed by atoms with Gasteiger partial charge in [0.2, 0.25) is 11.8 Å². The third-order valence-electron chi connectivity index (χ3n) is 5.11. The molecule has 0 fully saturated rings. The summed E-state index contributed by atoms with van der Waals surface area (Å²) in [5.74, 6) is 0.166. The average molecular weight is 480 g/mol. The van der Waals surface area contributed by atoms with Crippen molar-refractivity contribution < 1.29 is 27.4 Å². The van der Waals surface area contributed by atoms with E-state index in [9.17, 15) is 13.2 Å². The summed E-state index contributed by atoms with van der Waals surface area (Å²) in [6, 6.07) is 26.4. The monoisotopic (exact) mass is 480 g/mol. The zero-order valence-electron chi connectivity index (χ0n) is 18.7. The normalized spacial score (nSPS) is 11.2. The predicted molar refractivity (Wildman–Crippen MR) is 126 cm³/mol. The van der Waals surface area contributed by atoms with Crippen LogP contribution in [0, 0.1) is 0 Å². The second kappa shape index (κ2) is 10.9. The van der Waals surface area contributed by atoms with E-state index in [4.69, 9.17) is 15.2 Å². The van der Waals surface area contributed by atoms with Gasteiger partial charge in [0, 0.05) is 18.2 Å². The molecule has 0 unspecified atom stereocenters. The average Bonchev–Trinajstić information content (AvgIpc) is 2.86. The zero-order valence-corrected chi connectivity index (χ0v) is 18.7. The van der Waals surface area contributed by atoms with Crippen LogP contribution >= 0.6 is 0 Å². The summed E-state index contributed by atoms with van der Waals surface area (Å²) in [6.45, 7) is 0.611. The fourth-order valence-electron chi connectivity index (χ4n) is 3.46. The Hall–Kier alpha value is -4.04. The van der Waals surface area contributed by atoms with Crippen LogP contribution in [0.3, 0.4) is 0 Å². The fraction of sp³-hybridized carbons (Fsp3) is 0.148. The van der Waals surface area contributed by atoms with Gasteiger partial charge in [0.15, 0.2) is 0 Å². The molecule has 0 radical (unpaired) electrons. The first-order valence-electron chi connectivity index (χ1n) is 10.8. The van der Waals surface area contributed by atoms with Crippen molar-refractivity contribution in [1.29, 1.82) is 0 Å². The lowest BCUT2D eigenvalue weighted by Gasteiger charge is -2.17. The highest BCUT2D eigenvalue weighted by Gasteiger charge is 2.31. The van der Waals surface area contributed by atoms with Gasteiger partial charge >= 0.3 is 6.36 Å². The van der Waals surface area contributed by atoms with Crippen LogP contribution in [0.4, 0.5) is 13.2 Å². The van der Waals surface area contributed by atoms with E-state index in [0.29, 0.717) is 29.2 Å². The Morgan fingerprint density at radius 1 is 0.714 bits per heavy atom. The molecule has 3 aromatic carbocycles. The van der Waals surface area contributed by atoms with Gasteiger partial charge in [-0.2, -0.15) is 4.98 Å². The van der Waals surface area contributed by atoms with E-state index in [1.165, 1.54) is 18.2 Å². The molecule has 0 aliphatic rings. The number of alkyl halides is 3. The van der Waals surface area contributed by atoms with Crippen molar-refractivity contribution in [3.05, 3.63) is 108 Å². The van der Waals surface area contributed by atoms with Crippen LogP contribution in [0.15, 0.2) is 91.0 Å². The number of halogens is 3. The van der Waals surface area contributed by atoms with Crippen molar-refractivity contribution in [3.63, 3.8) is 0 Å². The number of aromatic nitrogens is 1. The molecule has 180 valence electrons. The summed E-state index contributed by atoms with van der Waals surface area (Å²) in [4.78, 5) is 4.51. The summed E-state index contributed by atoms with van der Waals surface area (Å²) in [7, 11) is 0. The molecule has 5 nitrogen and oxygen atoms in total. The lowest BCUT2D eigenvalue weighted by atomic mass is 10.00. The Morgan fingerprint density at radius 2 is 1.34 bits per heavy atom. The van der Waals surface area contributed by atoms with Gasteiger partial charge < -0.3 is 19.9 Å². The number of rotatable bonds is 9. The van der Waals surface area contributed by atoms with Crippen molar-refractivity contribution in [2.24, 2.45) is 5.73 Å². The van der Waals surface area contributed by atoms with Crippen LogP contribution in [0.2, 0.25) is 0 Å². The second-order valence-corrected chi connectivity index (χ2v) is 7.62. The van der Waals surface area contributed by atoms with E-state index in [1.54, 1.807) is 12.1 Å². The SMILES string of the molecule is NCc1ccc(OC(F)(F)F)cc1-c1ccc(OCc2ccccc2)nc1OCc1ccccc1. The quantitative estimate of drug-likeness (QED) is 0.306. The smallest absolute Gasteiger partial charge is 0.473 e. The van der Waals surface area contributed by atoms with E-state index in [0.717, 1.165) is 11.1 Å². The zero-order chi connectivity index (χ0) is 24.7. The summed E-state index contributed by atoms with van der Waals surface area (Å²) >= 11 is 0. The standard InChI is InChI=1S/C27H23F3N2O3/c28-27(29,30)35-22-12-11-21(16-31)24(15-22)23-13-14-25(33-17-19-7-3-1-4-8-19)32-26(23)34-18-20-9-5-2-6-10-20/h1-15H,16-18,31H2. The molecule has 1 heterocycles. The highest BCUT2D eigenvalue weighted by molar-refractivity contribution is 5.73. The van der Waals surface area contributed by atoms with Gasteiger partial charge in [0.1, 0.15) is 19.0 Å². The Balaban J connectivity index is 1.68. The van der Waals surface area contributed by atoms with E-state index in [-0.39, 0.29) is 24.8 Å². The minimum Gasteiger partial charge on any atom is -0.473 e. The number of hydrogen-bond acceptors (Lipinski definition) is 5. The maximum Gasteiger partial charge on any atom is 0.573 e. The first kappa shape index (κ1) is 24.1. The molecule has 0 saturated heterocycles. The topological polar surface area (TPSA) is 66.6 Å². The van der Waals surface area contributed by atoms with E-state index in [1.807, 2.05) is 60.7 Å². The van der Waals surface area contributed by atoms with Crippen LogP contribution in [0.5, 0.6) is 17.5 Å². The Morgan fingerprint density at radius 3 is 1.94 bits per heavy atom. The van der Waals surface area contributed by atoms with Crippen LogP contribution in [-0.2, 0) is 19.8 Å². The maximum absolute atomic E-state index is 12.8. The molecule has 4 aromatic rings. The van der Waals surface area contributed by atoms with Crippen molar-refractivity contribution >= 4 is 0 Å². The number of benzene rings is 3. The van der Waals surface area contributed by atoms with Crippen LogP contribution in [0.25, 0.3) is 11.1 Å². The van der Waals surface area contributed by atoms with Gasteiger partial charge in [-0.25, -0.2) is 0 Å². The molecule has 2 N–H and O–H groups in total. The lowest BCUT2D eigenvalue weighted by molar-refractivity contribution is -0.274.